The molecule has 1 unspecified atom stereocenters. The molecule has 1 N–H and O–H groups in total. The van der Waals surface area contributed by atoms with Crippen LogP contribution >= 0.6 is 0 Å². The van der Waals surface area contributed by atoms with Crippen molar-refractivity contribution in [1.82, 2.24) is 10.2 Å². The normalized spacial score (nSPS) is 15.6. The maximum absolute atomic E-state index is 13.1. The molecule has 0 saturated heterocycles. The van der Waals surface area contributed by atoms with E-state index in [4.69, 9.17) is 9.47 Å². The number of ether oxygens (including phenoxy) is 2. The van der Waals surface area contributed by atoms with Crippen molar-refractivity contribution in [2.24, 2.45) is 0 Å². The molecule has 214 valence electrons. The minimum Gasteiger partial charge on any atom is -0.496 e. The molecule has 1 aliphatic rings. The number of hydrogen-bond acceptors (Lipinski definition) is 4. The van der Waals surface area contributed by atoms with Crippen LogP contribution in [-0.4, -0.2) is 37.2 Å². The van der Waals surface area contributed by atoms with Crippen molar-refractivity contribution < 1.29 is 19.1 Å². The fourth-order valence-corrected chi connectivity index (χ4v) is 5.51. The summed E-state index contributed by atoms with van der Waals surface area (Å²) in [5.41, 5.74) is 3.04. The third-order valence-electron chi connectivity index (χ3n) is 7.58. The largest absolute Gasteiger partial charge is 0.496 e. The predicted octanol–water partition coefficient (Wildman–Crippen LogP) is 8.25. The second kappa shape index (κ2) is 17.9. The van der Waals surface area contributed by atoms with Crippen LogP contribution in [0.25, 0.3) is 0 Å². The van der Waals surface area contributed by atoms with E-state index in [9.17, 15) is 9.59 Å². The zero-order valence-electron chi connectivity index (χ0n) is 24.7. The summed E-state index contributed by atoms with van der Waals surface area (Å²) in [7, 11) is 1.65. The Kier molecular flexibility index (Phi) is 14.9. The van der Waals surface area contributed by atoms with Crippen LogP contribution in [0.1, 0.15) is 128 Å². The van der Waals surface area contributed by atoms with E-state index >= 15 is 0 Å². The number of nitrogens with one attached hydrogen (secondary N) is 1. The standard InChI is InChI=1S/C32H52N2O4/c1-6-9-10-11-12-13-14-15-16-17-18-19-20-22-26-23-21-24-27(37-5)29(26)30-28(31(35)38-8-3)25(4)33-32(36)34(30)7-2/h21,23-24,30H,6-20,22H2,1-5H3,(H,33,36). The number of likely N-dealkylation sites (N-methyl/N-ethyl adjacent to an activating group) is 1. The molecule has 0 spiro atoms. The number of esters is 1. The smallest absolute Gasteiger partial charge is 0.338 e. The van der Waals surface area contributed by atoms with E-state index in [1.54, 1.807) is 25.9 Å². The highest BCUT2D eigenvalue weighted by molar-refractivity contribution is 5.95. The van der Waals surface area contributed by atoms with Crippen molar-refractivity contribution in [2.75, 3.05) is 20.3 Å². The van der Waals surface area contributed by atoms with Crippen LogP contribution in [0.3, 0.4) is 0 Å². The van der Waals surface area contributed by atoms with Gasteiger partial charge in [-0.15, -0.1) is 0 Å². The Balaban J connectivity index is 2.00. The maximum atomic E-state index is 13.1. The molecule has 2 rings (SSSR count). The lowest BCUT2D eigenvalue weighted by molar-refractivity contribution is -0.139. The fourth-order valence-electron chi connectivity index (χ4n) is 5.51. The highest BCUT2D eigenvalue weighted by Gasteiger charge is 2.40. The molecule has 1 aromatic carbocycles. The van der Waals surface area contributed by atoms with E-state index in [2.05, 4.69) is 18.3 Å². The average molecular weight is 529 g/mol. The Morgan fingerprint density at radius 1 is 0.895 bits per heavy atom. The number of rotatable bonds is 19. The third kappa shape index (κ3) is 9.36. The van der Waals surface area contributed by atoms with Gasteiger partial charge in [0.15, 0.2) is 0 Å². The summed E-state index contributed by atoms with van der Waals surface area (Å²) < 4.78 is 11.2. The van der Waals surface area contributed by atoms with Gasteiger partial charge in [-0.2, -0.15) is 0 Å². The molecule has 6 nitrogen and oxygen atoms in total. The zero-order chi connectivity index (χ0) is 27.8. The topological polar surface area (TPSA) is 67.9 Å². The lowest BCUT2D eigenvalue weighted by Crippen LogP contribution is -2.48. The summed E-state index contributed by atoms with van der Waals surface area (Å²) in [6, 6.07) is 5.28. The molecule has 0 aromatic heterocycles. The van der Waals surface area contributed by atoms with Crippen molar-refractivity contribution in [3.8, 4) is 5.75 Å². The van der Waals surface area contributed by atoms with Crippen LogP contribution in [0, 0.1) is 0 Å². The average Bonchev–Trinajstić information content (AvgIpc) is 2.90. The molecule has 0 bridgehead atoms. The van der Waals surface area contributed by atoms with Crippen LogP contribution in [0.4, 0.5) is 4.79 Å². The van der Waals surface area contributed by atoms with Gasteiger partial charge in [-0.25, -0.2) is 9.59 Å². The number of allylic oxidation sites excluding steroid dienone is 1. The lowest BCUT2D eigenvalue weighted by Gasteiger charge is -2.38. The molecule has 0 saturated carbocycles. The first-order chi connectivity index (χ1) is 18.5. The second-order valence-electron chi connectivity index (χ2n) is 10.4. The van der Waals surface area contributed by atoms with Crippen LogP contribution in [0.15, 0.2) is 29.5 Å². The van der Waals surface area contributed by atoms with E-state index in [1.165, 1.54) is 77.0 Å². The van der Waals surface area contributed by atoms with Gasteiger partial charge in [0.25, 0.3) is 0 Å². The minimum atomic E-state index is -0.541. The Labute approximate surface area is 231 Å². The third-order valence-corrected chi connectivity index (χ3v) is 7.58. The first-order valence-corrected chi connectivity index (χ1v) is 15.1. The van der Waals surface area contributed by atoms with Gasteiger partial charge in [-0.3, -0.25) is 0 Å². The first-order valence-electron chi connectivity index (χ1n) is 15.1. The van der Waals surface area contributed by atoms with Gasteiger partial charge in [-0.05, 0) is 45.2 Å². The van der Waals surface area contributed by atoms with E-state index in [1.807, 2.05) is 19.1 Å². The summed E-state index contributed by atoms with van der Waals surface area (Å²) in [4.78, 5) is 27.7. The number of methoxy groups -OCH3 is 1. The number of carbonyl (C=O) groups is 2. The molecule has 0 aliphatic carbocycles. The van der Waals surface area contributed by atoms with E-state index in [0.29, 0.717) is 23.6 Å². The molecule has 1 aliphatic heterocycles. The molecule has 0 radical (unpaired) electrons. The molecular formula is C32H52N2O4. The van der Waals surface area contributed by atoms with Gasteiger partial charge in [0.2, 0.25) is 0 Å². The number of unbranched alkanes of at least 4 members (excludes halogenated alkanes) is 12. The summed E-state index contributed by atoms with van der Waals surface area (Å²) in [6.45, 7) is 8.50. The van der Waals surface area contributed by atoms with Crippen LogP contribution < -0.4 is 10.1 Å². The van der Waals surface area contributed by atoms with Gasteiger partial charge < -0.3 is 19.7 Å². The summed E-state index contributed by atoms with van der Waals surface area (Å²) in [5, 5.41) is 2.85. The predicted molar refractivity (Wildman–Crippen MR) is 155 cm³/mol. The second-order valence-corrected chi connectivity index (χ2v) is 10.4. The molecule has 2 amide bonds. The van der Waals surface area contributed by atoms with Crippen LogP contribution in [0.5, 0.6) is 5.75 Å². The van der Waals surface area contributed by atoms with Crippen molar-refractivity contribution in [1.29, 1.82) is 0 Å². The number of urea groups is 1. The lowest BCUT2D eigenvalue weighted by atomic mass is 9.87. The Morgan fingerprint density at radius 2 is 1.47 bits per heavy atom. The number of aryl methyl sites for hydroxylation is 1. The molecule has 1 atom stereocenters. The van der Waals surface area contributed by atoms with Gasteiger partial charge in [-0.1, -0.05) is 96.1 Å². The molecule has 1 aromatic rings. The van der Waals surface area contributed by atoms with Crippen molar-refractivity contribution in [2.45, 2.75) is 124 Å². The highest BCUT2D eigenvalue weighted by Crippen LogP contribution is 2.41. The van der Waals surface area contributed by atoms with Crippen LogP contribution in [0.2, 0.25) is 0 Å². The van der Waals surface area contributed by atoms with Crippen molar-refractivity contribution >= 4 is 12.0 Å². The summed E-state index contributed by atoms with van der Waals surface area (Å²) in [6.07, 6.45) is 18.0. The molecular weight excluding hydrogens is 476 g/mol. The molecule has 38 heavy (non-hydrogen) atoms. The number of hydrogen-bond donors (Lipinski definition) is 1. The number of carbonyl (C=O) groups excluding carboxylic acids is 2. The van der Waals surface area contributed by atoms with Crippen molar-refractivity contribution in [3.63, 3.8) is 0 Å². The molecule has 6 heteroatoms. The number of nitrogens with zero attached hydrogens (tertiary/aromatic N) is 1. The van der Waals surface area contributed by atoms with Crippen LogP contribution in [-0.2, 0) is 16.0 Å². The van der Waals surface area contributed by atoms with Gasteiger partial charge >= 0.3 is 12.0 Å². The van der Waals surface area contributed by atoms with Crippen molar-refractivity contribution in [3.05, 3.63) is 40.6 Å². The monoisotopic (exact) mass is 528 g/mol. The minimum absolute atomic E-state index is 0.208. The Bertz CT molecular complexity index is 895. The van der Waals surface area contributed by atoms with Gasteiger partial charge in [0, 0.05) is 17.8 Å². The first kappa shape index (κ1) is 31.7. The van der Waals surface area contributed by atoms with E-state index < -0.39 is 12.0 Å². The molecule has 1 heterocycles. The van der Waals surface area contributed by atoms with Gasteiger partial charge in [0.05, 0.1) is 25.3 Å². The summed E-state index contributed by atoms with van der Waals surface area (Å²) >= 11 is 0. The quantitative estimate of drug-likeness (QED) is 0.145. The SMILES string of the molecule is CCCCCCCCCCCCCCCc1cccc(OC)c1C1C(C(=O)OCC)=C(C)NC(=O)N1CC. The zero-order valence-corrected chi connectivity index (χ0v) is 24.7. The number of benzene rings is 1. The Hall–Kier alpha value is -2.50. The highest BCUT2D eigenvalue weighted by atomic mass is 16.5. The number of amides is 2. The van der Waals surface area contributed by atoms with E-state index in [-0.39, 0.29) is 12.6 Å². The molecule has 0 fully saturated rings. The summed E-state index contributed by atoms with van der Waals surface area (Å²) in [5.74, 6) is 0.302. The van der Waals surface area contributed by atoms with Gasteiger partial charge in [0.1, 0.15) is 5.75 Å². The Morgan fingerprint density at radius 3 is 2.00 bits per heavy atom. The fraction of sp³-hybridized carbons (Fsp3) is 0.688. The maximum Gasteiger partial charge on any atom is 0.338 e. The van der Waals surface area contributed by atoms with E-state index in [0.717, 1.165) is 24.0 Å².